The van der Waals surface area contributed by atoms with Crippen LogP contribution in [0.3, 0.4) is 0 Å². The second kappa shape index (κ2) is 7.66. The molecule has 0 bridgehead atoms. The van der Waals surface area contributed by atoms with E-state index in [1.165, 1.54) is 6.07 Å². The van der Waals surface area contributed by atoms with Crippen LogP contribution in [0.4, 0.5) is 0 Å². The quantitative estimate of drug-likeness (QED) is 0.546. The third-order valence-corrected chi connectivity index (χ3v) is 4.08. The molecular formula is C22H18O4. The summed E-state index contributed by atoms with van der Waals surface area (Å²) >= 11 is 0. The molecule has 3 aromatic rings. The van der Waals surface area contributed by atoms with E-state index in [0.29, 0.717) is 16.7 Å². The molecular weight excluding hydrogens is 328 g/mol. The predicted octanol–water partition coefficient (Wildman–Crippen LogP) is 4.48. The smallest absolute Gasteiger partial charge is 0.342 e. The lowest BCUT2D eigenvalue weighted by molar-refractivity contribution is 0.0277. The molecule has 3 rings (SSSR count). The Bertz CT molecular complexity index is 917. The second-order valence-corrected chi connectivity index (χ2v) is 5.90. The molecule has 0 aliphatic rings. The van der Waals surface area contributed by atoms with Gasteiger partial charge in [0.15, 0.2) is 6.10 Å². The Morgan fingerprint density at radius 3 is 2.12 bits per heavy atom. The van der Waals surface area contributed by atoms with E-state index >= 15 is 0 Å². The Hall–Kier alpha value is -3.40. The number of carbonyl (C=O) groups excluding carboxylic acids is 2. The maximum Gasteiger partial charge on any atom is 0.342 e. The maximum absolute atomic E-state index is 12.9. The molecule has 0 saturated heterocycles. The highest BCUT2D eigenvalue weighted by molar-refractivity contribution is 6.02. The molecule has 0 aromatic heterocycles. The molecule has 26 heavy (non-hydrogen) atoms. The van der Waals surface area contributed by atoms with Gasteiger partial charge >= 0.3 is 5.97 Å². The molecule has 0 amide bonds. The summed E-state index contributed by atoms with van der Waals surface area (Å²) in [5.41, 5.74) is 1.61. The number of aromatic hydroxyl groups is 1. The van der Waals surface area contributed by atoms with Gasteiger partial charge in [0, 0.05) is 11.1 Å². The number of phenolic OH excluding ortho intramolecular Hbond substituents is 1. The van der Waals surface area contributed by atoms with Gasteiger partial charge in [0.1, 0.15) is 11.3 Å². The Morgan fingerprint density at radius 2 is 1.46 bits per heavy atom. The fraction of sp³-hybridized carbons (Fsp3) is 0.0909. The van der Waals surface area contributed by atoms with Crippen molar-refractivity contribution in [3.63, 3.8) is 0 Å². The van der Waals surface area contributed by atoms with E-state index < -0.39 is 12.1 Å². The Labute approximate surface area is 151 Å². The molecule has 0 heterocycles. The topological polar surface area (TPSA) is 63.6 Å². The number of rotatable bonds is 5. The minimum absolute atomic E-state index is 0.0341. The van der Waals surface area contributed by atoms with Gasteiger partial charge in [-0.2, -0.15) is 0 Å². The number of aryl methyl sites for hydroxylation is 1. The van der Waals surface area contributed by atoms with E-state index in [4.69, 9.17) is 4.74 Å². The van der Waals surface area contributed by atoms with Gasteiger partial charge in [-0.1, -0.05) is 72.8 Å². The zero-order valence-electron chi connectivity index (χ0n) is 14.3. The average molecular weight is 346 g/mol. The third-order valence-electron chi connectivity index (χ3n) is 4.08. The lowest BCUT2D eigenvalue weighted by atomic mass is 9.99. The summed E-state index contributed by atoms with van der Waals surface area (Å²) < 4.78 is 5.53. The number of hydrogen-bond donors (Lipinski definition) is 1. The van der Waals surface area contributed by atoms with Crippen molar-refractivity contribution in [3.8, 4) is 5.75 Å². The van der Waals surface area contributed by atoms with E-state index in [1.54, 1.807) is 67.6 Å². The molecule has 0 spiro atoms. The summed E-state index contributed by atoms with van der Waals surface area (Å²) in [6.07, 6.45) is -1.09. The van der Waals surface area contributed by atoms with Gasteiger partial charge in [-0.3, -0.25) is 4.79 Å². The second-order valence-electron chi connectivity index (χ2n) is 5.90. The highest BCUT2D eigenvalue weighted by atomic mass is 16.5. The third kappa shape index (κ3) is 3.64. The van der Waals surface area contributed by atoms with Gasteiger partial charge in [0.2, 0.25) is 5.78 Å². The van der Waals surface area contributed by atoms with Crippen LogP contribution >= 0.6 is 0 Å². The van der Waals surface area contributed by atoms with Crippen LogP contribution in [0.1, 0.15) is 37.9 Å². The minimum atomic E-state index is -1.09. The standard InChI is InChI=1S/C22H18O4/c1-15-9-8-14-18(19(15)23)22(25)26-21(17-12-6-3-7-13-17)20(24)16-10-4-2-5-11-16/h2-14,21,23H,1H3/t21-/m1/s1. The summed E-state index contributed by atoms with van der Waals surface area (Å²) in [6, 6.07) is 22.3. The minimum Gasteiger partial charge on any atom is -0.507 e. The van der Waals surface area contributed by atoms with Gasteiger partial charge < -0.3 is 9.84 Å². The van der Waals surface area contributed by atoms with Gasteiger partial charge in [0.05, 0.1) is 0 Å². The summed E-state index contributed by atoms with van der Waals surface area (Å²) in [7, 11) is 0. The number of ether oxygens (including phenoxy) is 1. The number of para-hydroxylation sites is 1. The van der Waals surface area contributed by atoms with Crippen LogP contribution in [-0.4, -0.2) is 16.9 Å². The lowest BCUT2D eigenvalue weighted by Gasteiger charge is -2.18. The molecule has 0 saturated carbocycles. The van der Waals surface area contributed by atoms with E-state index in [-0.39, 0.29) is 17.1 Å². The zero-order chi connectivity index (χ0) is 18.5. The molecule has 0 fully saturated rings. The number of ketones is 1. The first kappa shape index (κ1) is 17.4. The van der Waals surface area contributed by atoms with Crippen LogP contribution in [-0.2, 0) is 4.74 Å². The summed E-state index contributed by atoms with van der Waals surface area (Å²) in [5, 5.41) is 10.1. The SMILES string of the molecule is Cc1cccc(C(=O)O[C@@H](C(=O)c2ccccc2)c2ccccc2)c1O. The first-order chi connectivity index (χ1) is 12.6. The number of phenols is 1. The van der Waals surface area contributed by atoms with Crippen molar-refractivity contribution in [3.05, 3.63) is 101 Å². The highest BCUT2D eigenvalue weighted by Gasteiger charge is 2.27. The molecule has 0 aliphatic carbocycles. The van der Waals surface area contributed by atoms with E-state index in [1.807, 2.05) is 12.1 Å². The Kier molecular flexibility index (Phi) is 5.13. The molecule has 130 valence electrons. The molecule has 4 heteroatoms. The molecule has 1 atom stereocenters. The number of carbonyl (C=O) groups is 2. The fourth-order valence-corrected chi connectivity index (χ4v) is 2.65. The van der Waals surface area contributed by atoms with E-state index in [0.717, 1.165) is 0 Å². The van der Waals surface area contributed by atoms with Crippen molar-refractivity contribution in [2.45, 2.75) is 13.0 Å². The van der Waals surface area contributed by atoms with E-state index in [9.17, 15) is 14.7 Å². The number of esters is 1. The van der Waals surface area contributed by atoms with Crippen molar-refractivity contribution in [2.24, 2.45) is 0 Å². The van der Waals surface area contributed by atoms with Crippen LogP contribution in [0.2, 0.25) is 0 Å². The molecule has 4 nitrogen and oxygen atoms in total. The largest absolute Gasteiger partial charge is 0.507 e. The number of hydrogen-bond acceptors (Lipinski definition) is 4. The molecule has 0 radical (unpaired) electrons. The highest BCUT2D eigenvalue weighted by Crippen LogP contribution is 2.27. The van der Waals surface area contributed by atoms with Gasteiger partial charge in [-0.15, -0.1) is 0 Å². The van der Waals surface area contributed by atoms with Crippen LogP contribution in [0.25, 0.3) is 0 Å². The molecule has 3 aromatic carbocycles. The van der Waals surface area contributed by atoms with E-state index in [2.05, 4.69) is 0 Å². The summed E-state index contributed by atoms with van der Waals surface area (Å²) in [4.78, 5) is 25.5. The monoisotopic (exact) mass is 346 g/mol. The first-order valence-corrected chi connectivity index (χ1v) is 8.21. The van der Waals surface area contributed by atoms with Crippen molar-refractivity contribution >= 4 is 11.8 Å². The maximum atomic E-state index is 12.9. The van der Waals surface area contributed by atoms with Crippen molar-refractivity contribution in [2.75, 3.05) is 0 Å². The summed E-state index contributed by atoms with van der Waals surface area (Å²) in [5.74, 6) is -1.21. The fourth-order valence-electron chi connectivity index (χ4n) is 2.65. The first-order valence-electron chi connectivity index (χ1n) is 8.21. The van der Waals surface area contributed by atoms with Crippen LogP contribution in [0.5, 0.6) is 5.75 Å². The van der Waals surface area contributed by atoms with Crippen LogP contribution in [0, 0.1) is 6.92 Å². The van der Waals surface area contributed by atoms with Crippen molar-refractivity contribution < 1.29 is 19.4 Å². The molecule has 0 aliphatic heterocycles. The normalized spacial score (nSPS) is 11.6. The van der Waals surface area contributed by atoms with Gasteiger partial charge in [-0.05, 0) is 18.6 Å². The van der Waals surface area contributed by atoms with Crippen LogP contribution < -0.4 is 0 Å². The number of Topliss-reactive ketones (excluding diaryl/α,β-unsaturated/α-hetero) is 1. The van der Waals surface area contributed by atoms with Crippen LogP contribution in [0.15, 0.2) is 78.9 Å². The summed E-state index contributed by atoms with van der Waals surface area (Å²) in [6.45, 7) is 1.69. The lowest BCUT2D eigenvalue weighted by Crippen LogP contribution is -2.20. The predicted molar refractivity (Wildman–Crippen MR) is 98.2 cm³/mol. The zero-order valence-corrected chi connectivity index (χ0v) is 14.3. The number of benzene rings is 3. The average Bonchev–Trinajstić information content (AvgIpc) is 2.69. The van der Waals surface area contributed by atoms with Crippen molar-refractivity contribution in [1.82, 2.24) is 0 Å². The Morgan fingerprint density at radius 1 is 0.846 bits per heavy atom. The van der Waals surface area contributed by atoms with Crippen molar-refractivity contribution in [1.29, 1.82) is 0 Å². The molecule has 0 unspecified atom stereocenters. The Balaban J connectivity index is 1.95. The molecule has 1 N–H and O–H groups in total. The van der Waals surface area contributed by atoms with Gasteiger partial charge in [0.25, 0.3) is 0 Å². The van der Waals surface area contributed by atoms with Gasteiger partial charge in [-0.25, -0.2) is 4.79 Å².